The van der Waals surface area contributed by atoms with Crippen molar-refractivity contribution in [1.82, 2.24) is 40.4 Å². The molecule has 4 aliphatic rings. The van der Waals surface area contributed by atoms with Gasteiger partial charge in [0.25, 0.3) is 0 Å². The quantitative estimate of drug-likeness (QED) is 0.111. The van der Waals surface area contributed by atoms with Crippen molar-refractivity contribution in [2.45, 2.75) is 103 Å². The summed E-state index contributed by atoms with van der Waals surface area (Å²) in [6, 6.07) is 1.60. The Labute approximate surface area is 394 Å². The maximum Gasteiger partial charge on any atom is 0.407 e. The summed E-state index contributed by atoms with van der Waals surface area (Å²) in [4.78, 5) is 70.0. The molecule has 0 unspecified atom stereocenters. The lowest BCUT2D eigenvalue weighted by Crippen LogP contribution is -2.59. The van der Waals surface area contributed by atoms with E-state index in [-0.39, 0.29) is 48.3 Å². The number of imidazole rings is 2. The van der Waals surface area contributed by atoms with Crippen LogP contribution in [0.2, 0.25) is 10.3 Å². The zero-order valence-electron chi connectivity index (χ0n) is 37.4. The Morgan fingerprint density at radius 3 is 1.38 bits per heavy atom. The van der Waals surface area contributed by atoms with Gasteiger partial charge < -0.3 is 49.3 Å². The minimum absolute atomic E-state index is 0.0355. The molecule has 6 heterocycles. The van der Waals surface area contributed by atoms with Crippen LogP contribution in [0.1, 0.15) is 88.2 Å². The minimum Gasteiger partial charge on any atom is -0.488 e. The molecule has 24 heteroatoms. The highest BCUT2D eigenvalue weighted by atomic mass is 35.5. The van der Waals surface area contributed by atoms with Gasteiger partial charge in [-0.3, -0.25) is 9.59 Å². The van der Waals surface area contributed by atoms with Gasteiger partial charge in [0, 0.05) is 46.5 Å². The summed E-state index contributed by atoms with van der Waals surface area (Å²) in [5.41, 5.74) is -0.505. The average molecular weight is 1000 g/mol. The first-order valence-electron chi connectivity index (χ1n) is 21.4. The van der Waals surface area contributed by atoms with Crippen LogP contribution in [-0.4, -0.2) is 105 Å². The molecule has 0 spiro atoms. The van der Waals surface area contributed by atoms with E-state index in [1.807, 2.05) is 12.1 Å². The highest BCUT2D eigenvalue weighted by Gasteiger charge is 2.58. The second-order valence-electron chi connectivity index (χ2n) is 18.1. The number of aromatic amines is 2. The van der Waals surface area contributed by atoms with Gasteiger partial charge in [-0.25, -0.2) is 19.6 Å². The van der Waals surface area contributed by atoms with Crippen LogP contribution in [0.5, 0.6) is 11.5 Å². The van der Waals surface area contributed by atoms with Gasteiger partial charge in [-0.1, -0.05) is 23.2 Å². The molecule has 0 bridgehead atoms. The Kier molecular flexibility index (Phi) is 12.5. The summed E-state index contributed by atoms with van der Waals surface area (Å²) in [7, 11) is 1.97. The van der Waals surface area contributed by atoms with Gasteiger partial charge in [-0.2, -0.15) is 26.3 Å². The molecular weight excluding hydrogens is 953 g/mol. The maximum absolute atomic E-state index is 14.2. The van der Waals surface area contributed by atoms with Gasteiger partial charge >= 0.3 is 24.5 Å². The zero-order chi connectivity index (χ0) is 49.4. The number of alkyl halides is 6. The molecule has 0 saturated carbocycles. The van der Waals surface area contributed by atoms with E-state index in [4.69, 9.17) is 32.7 Å². The molecule has 4 atom stereocenters. The fourth-order valence-electron chi connectivity index (χ4n) is 9.15. The minimum atomic E-state index is -4.86. The number of nitrogens with one attached hydrogen (secondary N) is 4. The van der Waals surface area contributed by atoms with E-state index in [1.54, 1.807) is 12.1 Å². The van der Waals surface area contributed by atoms with Crippen LogP contribution in [-0.2, 0) is 32.3 Å². The molecule has 2 saturated heterocycles. The third kappa shape index (κ3) is 8.40. The standard InChI is InChI=1S/C44H46Cl2F6N8O8/c1-41(2,43(47,48)49)31(55-39(63)65-5)37(61)59-11-7-9-23(59)35-53-29(33(45)57-35)19-13-21-17-68-26-16-20(14-22-18-67-25(15-19)27(21)28(22)26)30-34(46)58-36(54-30)24-10-8-12-60(24)38(62)32(56-40(64)66-6)42(3,4)44(50,51)52/h13-16,23-24,31-32H,7-12,17-18H2,1-6H3,(H,53,57)(H,54,58)(H,55,63)(H,56,64)/t23-,24-,31+,32+/m0/s1. The van der Waals surface area contributed by atoms with Crippen molar-refractivity contribution >= 4 is 47.2 Å². The average Bonchev–Trinajstić information content (AvgIpc) is 4.11. The van der Waals surface area contributed by atoms with Crippen LogP contribution in [0.15, 0.2) is 24.3 Å². The summed E-state index contributed by atoms with van der Waals surface area (Å²) < 4.78 is 107. The van der Waals surface area contributed by atoms with Gasteiger partial charge in [0.1, 0.15) is 48.4 Å². The van der Waals surface area contributed by atoms with E-state index in [1.165, 1.54) is 9.80 Å². The number of nitrogens with zero attached hydrogens (tertiary/aromatic N) is 4. The molecule has 4 aromatic rings. The Morgan fingerprint density at radius 2 is 1.04 bits per heavy atom. The number of hydrogen-bond donors (Lipinski definition) is 4. The fourth-order valence-corrected chi connectivity index (χ4v) is 9.64. The number of carbonyl (C=O) groups excluding carboxylic acids is 4. The number of amides is 4. The molecule has 4 amide bonds. The zero-order valence-corrected chi connectivity index (χ0v) is 38.9. The Morgan fingerprint density at radius 1 is 0.676 bits per heavy atom. The van der Waals surface area contributed by atoms with E-state index >= 15 is 0 Å². The fraction of sp³-hybridized carbons (Fsp3) is 0.500. The van der Waals surface area contributed by atoms with Crippen LogP contribution in [0.4, 0.5) is 35.9 Å². The van der Waals surface area contributed by atoms with Crippen molar-refractivity contribution in [2.75, 3.05) is 27.3 Å². The lowest BCUT2D eigenvalue weighted by molar-refractivity contribution is -0.222. The smallest absolute Gasteiger partial charge is 0.407 e. The first-order chi connectivity index (χ1) is 31.9. The SMILES string of the molecule is COC(=O)N[C@H](C(=O)N1CCC[C@H]1c1nc(Cl)c(-c2cc3c4c(c2)OCc2cc(-c5[nH]c([C@@H]6CCCN6C(=O)[C@@H](NC(=O)OC)C(C)(C)C(F)(F)F)nc5Cl)cc(c2-4)OC3)[nH]1)C(C)(C)C(F)(F)F. The monoisotopic (exact) mass is 998 g/mol. The Hall–Kier alpha value is -5.90. The number of halogens is 8. The van der Waals surface area contributed by atoms with Crippen molar-refractivity contribution in [3.63, 3.8) is 0 Å². The molecule has 8 rings (SSSR count). The first kappa shape index (κ1) is 48.6. The molecule has 0 radical (unpaired) electrons. The number of H-pyrrole nitrogens is 2. The van der Waals surface area contributed by atoms with Crippen LogP contribution < -0.4 is 20.1 Å². The third-order valence-corrected chi connectivity index (χ3v) is 13.9. The van der Waals surface area contributed by atoms with Gasteiger partial charge in [0.15, 0.2) is 10.3 Å². The van der Waals surface area contributed by atoms with Crippen molar-refractivity contribution in [2.24, 2.45) is 10.8 Å². The first-order valence-corrected chi connectivity index (χ1v) is 22.2. The molecular formula is C44H46Cl2F6N8O8. The molecule has 16 nitrogen and oxygen atoms in total. The van der Waals surface area contributed by atoms with Crippen molar-refractivity contribution in [3.8, 4) is 45.1 Å². The molecule has 366 valence electrons. The summed E-state index contributed by atoms with van der Waals surface area (Å²) in [5, 5.41) is 4.25. The number of carbonyl (C=O) groups is 4. The summed E-state index contributed by atoms with van der Waals surface area (Å²) in [5.74, 6) is -0.456. The van der Waals surface area contributed by atoms with Crippen molar-refractivity contribution in [3.05, 3.63) is 57.3 Å². The number of hydrogen-bond acceptors (Lipinski definition) is 10. The van der Waals surface area contributed by atoms with E-state index in [0.29, 0.717) is 59.7 Å². The summed E-state index contributed by atoms with van der Waals surface area (Å²) in [6.45, 7) is 3.68. The molecule has 68 heavy (non-hydrogen) atoms. The molecule has 4 N–H and O–H groups in total. The van der Waals surface area contributed by atoms with Gasteiger partial charge in [0.05, 0.1) is 48.5 Å². The molecule has 4 aliphatic heterocycles. The summed E-state index contributed by atoms with van der Waals surface area (Å²) in [6.07, 6.45) is -10.5. The highest BCUT2D eigenvalue weighted by Crippen LogP contribution is 2.52. The summed E-state index contributed by atoms with van der Waals surface area (Å²) >= 11 is 13.5. The van der Waals surface area contributed by atoms with Gasteiger partial charge in [-0.05, 0) is 77.6 Å². The Bertz CT molecular complexity index is 2460. The van der Waals surface area contributed by atoms with Crippen LogP contribution in [0.25, 0.3) is 33.6 Å². The van der Waals surface area contributed by atoms with Crippen LogP contribution in [0.3, 0.4) is 0 Å². The number of benzene rings is 2. The van der Waals surface area contributed by atoms with E-state index in [2.05, 4.69) is 40.0 Å². The van der Waals surface area contributed by atoms with Crippen LogP contribution >= 0.6 is 23.2 Å². The third-order valence-electron chi connectivity index (χ3n) is 13.3. The largest absolute Gasteiger partial charge is 0.488 e. The number of rotatable bonds is 10. The predicted molar refractivity (Wildman–Crippen MR) is 231 cm³/mol. The second kappa shape index (κ2) is 17.6. The number of aromatic nitrogens is 4. The van der Waals surface area contributed by atoms with Crippen LogP contribution in [0, 0.1) is 10.8 Å². The lowest BCUT2D eigenvalue weighted by atomic mass is 9.82. The molecule has 2 aromatic carbocycles. The van der Waals surface area contributed by atoms with Gasteiger partial charge in [0.2, 0.25) is 11.8 Å². The molecule has 0 aliphatic carbocycles. The number of alkyl carbamates (subject to hydrolysis) is 2. The molecule has 2 fully saturated rings. The number of likely N-dealkylation sites (tertiary alicyclic amines) is 2. The normalized spacial score (nSPS) is 18.9. The highest BCUT2D eigenvalue weighted by molar-refractivity contribution is 6.32. The van der Waals surface area contributed by atoms with E-state index < -0.39 is 71.4 Å². The van der Waals surface area contributed by atoms with E-state index in [9.17, 15) is 45.5 Å². The van der Waals surface area contributed by atoms with Crippen molar-refractivity contribution in [1.29, 1.82) is 0 Å². The number of methoxy groups -OCH3 is 2. The molecule has 2 aromatic heterocycles. The second-order valence-corrected chi connectivity index (χ2v) is 18.8. The maximum atomic E-state index is 14.2. The topological polar surface area (TPSA) is 193 Å². The number of ether oxygens (including phenoxy) is 4. The lowest BCUT2D eigenvalue weighted by Gasteiger charge is -2.38. The predicted octanol–water partition coefficient (Wildman–Crippen LogP) is 9.18. The Balaban J connectivity index is 1.05. The van der Waals surface area contributed by atoms with Gasteiger partial charge in [-0.15, -0.1) is 0 Å². The van der Waals surface area contributed by atoms with Crippen molar-refractivity contribution < 1.29 is 64.5 Å². The van der Waals surface area contributed by atoms with E-state index in [0.717, 1.165) is 64.2 Å².